The van der Waals surface area contributed by atoms with Crippen LogP contribution in [0.5, 0.6) is 0 Å². The third-order valence-electron chi connectivity index (χ3n) is 1.40. The number of carboxylic acid groups (broad SMARTS) is 1. The van der Waals surface area contributed by atoms with E-state index >= 15 is 0 Å². The monoisotopic (exact) mass is 430 g/mol. The Hall–Kier alpha value is -1.30. The van der Waals surface area contributed by atoms with Crippen molar-refractivity contribution in [1.82, 2.24) is 10.2 Å². The van der Waals surface area contributed by atoms with E-state index in [1.807, 2.05) is 6.79 Å². The van der Waals surface area contributed by atoms with E-state index in [1.165, 1.54) is 7.05 Å². The van der Waals surface area contributed by atoms with Gasteiger partial charge in [0.15, 0.2) is 0 Å². The molecule has 0 spiro atoms. The minimum Gasteiger partial charge on any atom is -0.480 e. The molecule has 0 radical (unpaired) electrons. The SMILES string of the molecule is C.C=O.CCNCP(=O)(O)O.CN(CC(=O)O)CP(=O)(O)O.O.O=C=O. The Morgan fingerprint density at radius 2 is 1.46 bits per heavy atom. The lowest BCUT2D eigenvalue weighted by molar-refractivity contribution is -0.191. The number of nitrogens with one attached hydrogen (secondary N) is 1. The normalized spacial score (nSPS) is 9.19. The van der Waals surface area contributed by atoms with E-state index in [9.17, 15) is 13.9 Å². The van der Waals surface area contributed by atoms with E-state index in [0.29, 0.717) is 6.54 Å². The molecule has 0 unspecified atom stereocenters. The maximum Gasteiger partial charge on any atom is 0.373 e. The molecular weight excluding hydrogens is 402 g/mol. The third-order valence-corrected chi connectivity index (χ3v) is 2.89. The Morgan fingerprint density at radius 3 is 1.62 bits per heavy atom. The number of carbonyl (C=O) groups excluding carboxylic acids is 3. The molecule has 0 saturated heterocycles. The molecule has 0 saturated carbocycles. The predicted octanol–water partition coefficient (Wildman–Crippen LogP) is -2.09. The van der Waals surface area contributed by atoms with Crippen molar-refractivity contribution in [2.75, 3.05) is 32.7 Å². The molecule has 0 aromatic carbocycles. The lowest BCUT2D eigenvalue weighted by atomic mass is 10.6. The van der Waals surface area contributed by atoms with E-state index in [-0.39, 0.29) is 31.9 Å². The van der Waals surface area contributed by atoms with Crippen LogP contribution >= 0.6 is 15.2 Å². The molecule has 0 aromatic rings. The van der Waals surface area contributed by atoms with Gasteiger partial charge in [0.25, 0.3) is 0 Å². The van der Waals surface area contributed by atoms with Gasteiger partial charge in [-0.2, -0.15) is 9.59 Å². The van der Waals surface area contributed by atoms with Crippen molar-refractivity contribution in [2.24, 2.45) is 0 Å². The third kappa shape index (κ3) is 66.3. The second kappa shape index (κ2) is 23.7. The lowest BCUT2D eigenvalue weighted by Crippen LogP contribution is -2.26. The van der Waals surface area contributed by atoms with Crippen molar-refractivity contribution >= 4 is 34.1 Å². The molecular formula is C10H28N2O12P2. The summed E-state index contributed by atoms with van der Waals surface area (Å²) in [5.74, 6) is -1.11. The highest BCUT2D eigenvalue weighted by Gasteiger charge is 2.17. The van der Waals surface area contributed by atoms with Gasteiger partial charge in [-0.25, -0.2) is 0 Å². The smallest absolute Gasteiger partial charge is 0.373 e. The molecule has 0 aromatic heterocycles. The highest BCUT2D eigenvalue weighted by molar-refractivity contribution is 7.51. The van der Waals surface area contributed by atoms with Crippen molar-refractivity contribution < 1.29 is 58.5 Å². The number of aliphatic carboxylic acids is 1. The minimum atomic E-state index is -4.12. The Labute approximate surface area is 150 Å². The van der Waals surface area contributed by atoms with Crippen LogP contribution < -0.4 is 5.32 Å². The summed E-state index contributed by atoms with van der Waals surface area (Å²) in [6.45, 7) is 4.01. The number of nitrogens with zero attached hydrogens (tertiary/aromatic N) is 1. The number of hydrogen-bond donors (Lipinski definition) is 6. The molecule has 26 heavy (non-hydrogen) atoms. The Morgan fingerprint density at radius 1 is 1.12 bits per heavy atom. The van der Waals surface area contributed by atoms with Gasteiger partial charge in [-0.05, 0) is 13.6 Å². The average molecular weight is 430 g/mol. The van der Waals surface area contributed by atoms with Gasteiger partial charge in [0.05, 0.1) is 12.8 Å². The van der Waals surface area contributed by atoms with E-state index in [2.05, 4.69) is 5.32 Å². The van der Waals surface area contributed by atoms with Crippen LogP contribution in [0.1, 0.15) is 14.4 Å². The lowest BCUT2D eigenvalue weighted by Gasteiger charge is -2.13. The second-order valence-electron chi connectivity index (χ2n) is 3.72. The Bertz CT molecular complexity index is 443. The average Bonchev–Trinajstić information content (AvgIpc) is 2.36. The minimum absolute atomic E-state index is 0. The summed E-state index contributed by atoms with van der Waals surface area (Å²) in [6.07, 6.45) is -0.497. The summed E-state index contributed by atoms with van der Waals surface area (Å²) in [6, 6.07) is 0. The molecule has 160 valence electrons. The number of carbonyl (C=O) groups is 2. The van der Waals surface area contributed by atoms with Gasteiger partial charge in [0, 0.05) is 0 Å². The van der Waals surface area contributed by atoms with Gasteiger partial charge in [0.2, 0.25) is 0 Å². The first-order valence-corrected chi connectivity index (χ1v) is 9.36. The first kappa shape index (κ1) is 39.7. The van der Waals surface area contributed by atoms with Crippen molar-refractivity contribution in [1.29, 1.82) is 0 Å². The summed E-state index contributed by atoms with van der Waals surface area (Å²) >= 11 is 0. The number of likely N-dealkylation sites (N-methyl/N-ethyl adjacent to an activating group) is 1. The zero-order valence-corrected chi connectivity index (χ0v) is 15.4. The summed E-state index contributed by atoms with van der Waals surface area (Å²) in [4.78, 5) is 68.4. The fourth-order valence-electron chi connectivity index (χ4n) is 0.853. The van der Waals surface area contributed by atoms with Crippen LogP contribution in [-0.2, 0) is 28.3 Å². The number of rotatable bonds is 7. The van der Waals surface area contributed by atoms with E-state index in [1.54, 1.807) is 6.92 Å². The Balaban J connectivity index is -0.0000000592. The largest absolute Gasteiger partial charge is 0.480 e. The first-order valence-electron chi connectivity index (χ1n) is 5.77. The quantitative estimate of drug-likeness (QED) is 0.237. The van der Waals surface area contributed by atoms with Crippen molar-refractivity contribution in [2.45, 2.75) is 14.4 Å². The molecule has 0 amide bonds. The molecule has 0 rings (SSSR count). The van der Waals surface area contributed by atoms with Gasteiger partial charge < -0.3 is 40.3 Å². The molecule has 8 N–H and O–H groups in total. The standard InChI is InChI=1S/C4H10NO5P.C3H10NO3P.CO2.CH2O.CH4.H2O/c1-5(2-4(6)7)3-11(8,9)10;1-2-4-3-8(5,6)7;2-1-3;1-2;;/h2-3H2,1H3,(H,6,7)(H2,8,9,10);4H,2-3H2,1H3,(H2,5,6,7);;1H2;1H4;1H2. The van der Waals surface area contributed by atoms with Crippen molar-refractivity contribution in [3.05, 3.63) is 0 Å². The van der Waals surface area contributed by atoms with Crippen LogP contribution in [0.25, 0.3) is 0 Å². The molecule has 0 aliphatic rings. The van der Waals surface area contributed by atoms with Gasteiger partial charge in [-0.1, -0.05) is 14.4 Å². The zero-order chi connectivity index (χ0) is 20.4. The van der Waals surface area contributed by atoms with Crippen LogP contribution in [0.2, 0.25) is 0 Å². The van der Waals surface area contributed by atoms with Crippen molar-refractivity contribution in [3.63, 3.8) is 0 Å². The van der Waals surface area contributed by atoms with Gasteiger partial charge in [0.1, 0.15) is 13.1 Å². The number of carboxylic acids is 1. The fraction of sp³-hybridized carbons (Fsp3) is 0.700. The van der Waals surface area contributed by atoms with Crippen LogP contribution in [0.4, 0.5) is 0 Å². The van der Waals surface area contributed by atoms with Crippen LogP contribution in [0.3, 0.4) is 0 Å². The van der Waals surface area contributed by atoms with E-state index in [0.717, 1.165) is 4.90 Å². The summed E-state index contributed by atoms with van der Waals surface area (Å²) in [7, 11) is -6.58. The van der Waals surface area contributed by atoms with Crippen LogP contribution in [-0.4, -0.2) is 86.7 Å². The molecule has 0 heterocycles. The van der Waals surface area contributed by atoms with Gasteiger partial charge >= 0.3 is 27.3 Å². The molecule has 0 aliphatic heterocycles. The summed E-state index contributed by atoms with van der Waals surface area (Å²) in [5.41, 5.74) is 0. The topological polar surface area (TPSA) is 250 Å². The summed E-state index contributed by atoms with van der Waals surface area (Å²) in [5, 5.41) is 10.7. The fourth-order valence-corrected chi connectivity index (χ4v) is 2.10. The van der Waals surface area contributed by atoms with E-state index in [4.69, 9.17) is 39.1 Å². The molecule has 0 atom stereocenters. The van der Waals surface area contributed by atoms with Crippen LogP contribution in [0, 0.1) is 0 Å². The molecule has 0 fully saturated rings. The first-order chi connectivity index (χ1) is 10.8. The molecule has 16 heteroatoms. The molecule has 14 nitrogen and oxygen atoms in total. The highest BCUT2D eigenvalue weighted by atomic mass is 31.2. The van der Waals surface area contributed by atoms with Gasteiger partial charge in [-0.3, -0.25) is 18.8 Å². The molecule has 0 aliphatic carbocycles. The summed E-state index contributed by atoms with van der Waals surface area (Å²) < 4.78 is 20.3. The zero-order valence-electron chi connectivity index (χ0n) is 13.6. The second-order valence-corrected chi connectivity index (χ2v) is 6.98. The van der Waals surface area contributed by atoms with Gasteiger partial charge in [-0.15, -0.1) is 0 Å². The highest BCUT2D eigenvalue weighted by Crippen LogP contribution is 2.34. The maximum absolute atomic E-state index is 10.3. The maximum atomic E-state index is 10.3. The predicted molar refractivity (Wildman–Crippen MR) is 90.2 cm³/mol. The van der Waals surface area contributed by atoms with Crippen LogP contribution in [0.15, 0.2) is 0 Å². The Kier molecular flexibility index (Phi) is 36.2. The molecule has 0 bridgehead atoms. The van der Waals surface area contributed by atoms with Crippen molar-refractivity contribution in [3.8, 4) is 0 Å². The van der Waals surface area contributed by atoms with E-state index < -0.39 is 27.4 Å². The number of hydrogen-bond acceptors (Lipinski definition) is 8.